The Morgan fingerprint density at radius 1 is 1.20 bits per heavy atom. The molecular formula is C28H37FN4O2. The summed E-state index contributed by atoms with van der Waals surface area (Å²) < 4.78 is 20.9. The molecule has 0 bridgehead atoms. The van der Waals surface area contributed by atoms with E-state index in [9.17, 15) is 4.39 Å². The normalized spacial score (nSPS) is 23.3. The zero-order valence-corrected chi connectivity index (χ0v) is 21.3. The van der Waals surface area contributed by atoms with Crippen molar-refractivity contribution >= 4 is 10.9 Å². The van der Waals surface area contributed by atoms with Gasteiger partial charge in [-0.3, -0.25) is 4.98 Å². The summed E-state index contributed by atoms with van der Waals surface area (Å²) in [5, 5.41) is 12.2. The molecule has 1 saturated carbocycles. The van der Waals surface area contributed by atoms with Gasteiger partial charge in [0.2, 0.25) is 5.88 Å². The minimum Gasteiger partial charge on any atom is -0.472 e. The molecule has 2 aromatic heterocycles. The van der Waals surface area contributed by atoms with Gasteiger partial charge >= 0.3 is 0 Å². The Kier molecular flexibility index (Phi) is 7.67. The van der Waals surface area contributed by atoms with E-state index in [1.807, 2.05) is 30.3 Å². The lowest BCUT2D eigenvalue weighted by atomic mass is 9.86. The molecule has 2 aliphatic rings. The average Bonchev–Trinajstić information content (AvgIpc) is 3.45. The van der Waals surface area contributed by atoms with Gasteiger partial charge in [-0.1, -0.05) is 37.3 Å². The lowest BCUT2D eigenvalue weighted by Gasteiger charge is -2.20. The Morgan fingerprint density at radius 2 is 1.94 bits per heavy atom. The molecule has 1 aliphatic heterocycles. The lowest BCUT2D eigenvalue weighted by Crippen LogP contribution is -2.23. The van der Waals surface area contributed by atoms with Crippen molar-refractivity contribution in [3.05, 3.63) is 59.4 Å². The molecule has 1 aromatic carbocycles. The minimum atomic E-state index is -0.390. The van der Waals surface area contributed by atoms with Gasteiger partial charge in [0.25, 0.3) is 0 Å². The Hall–Kier alpha value is -2.64. The van der Waals surface area contributed by atoms with Crippen LogP contribution < -0.4 is 10.1 Å². The highest BCUT2D eigenvalue weighted by Crippen LogP contribution is 2.68. The zero-order chi connectivity index (χ0) is 25.1. The molecule has 2 atom stereocenters. The van der Waals surface area contributed by atoms with E-state index < -0.39 is 0 Å². The van der Waals surface area contributed by atoms with Gasteiger partial charge in [0.1, 0.15) is 17.9 Å². The fourth-order valence-electron chi connectivity index (χ4n) is 5.24. The van der Waals surface area contributed by atoms with Gasteiger partial charge in [0, 0.05) is 25.3 Å². The van der Waals surface area contributed by atoms with Crippen molar-refractivity contribution in [2.24, 2.45) is 10.8 Å². The maximum Gasteiger partial charge on any atom is 0.226 e. The molecule has 7 heteroatoms. The molecule has 0 amide bonds. The molecule has 5 rings (SSSR count). The van der Waals surface area contributed by atoms with Crippen LogP contribution in [0.15, 0.2) is 36.5 Å². The van der Waals surface area contributed by atoms with Crippen molar-refractivity contribution in [2.75, 3.05) is 13.1 Å². The molecule has 3 aromatic rings. The van der Waals surface area contributed by atoms with Crippen LogP contribution >= 0.6 is 0 Å². The molecule has 3 heterocycles. The maximum absolute atomic E-state index is 14.9. The van der Waals surface area contributed by atoms with Crippen LogP contribution in [0.3, 0.4) is 0 Å². The number of benzene rings is 1. The number of aromatic nitrogens is 3. The number of aliphatic hydroxyl groups is 1. The van der Waals surface area contributed by atoms with Crippen LogP contribution in [0, 0.1) is 23.6 Å². The topological polar surface area (TPSA) is 80.2 Å². The first kappa shape index (κ1) is 25.5. The number of aryl methyl sites for hydroxylation is 2. The smallest absolute Gasteiger partial charge is 0.226 e. The fraction of sp³-hybridized carbons (Fsp3) is 0.536. The number of fused-ring (bicyclic) bond motifs is 2. The molecule has 188 valence electrons. The molecule has 35 heavy (non-hydrogen) atoms. The van der Waals surface area contributed by atoms with Crippen LogP contribution in [0.5, 0.6) is 5.88 Å². The Balaban J connectivity index is 0.000000672. The molecule has 2 N–H and O–H groups in total. The molecular weight excluding hydrogens is 443 g/mol. The van der Waals surface area contributed by atoms with Gasteiger partial charge in [0.05, 0.1) is 11.1 Å². The third kappa shape index (κ3) is 5.78. The standard InChI is InChI=1S/C25H29FN4O.C3H8O/c1-17-21(26)22-19(13-28-17)23(31-14-18-7-4-3-5-8-18)30-20(29-22)9-11-25-10-6-12-27-16-24(25,2)15-25;1-3(2)4/h3-5,7-8,13,27H,6,9-12,14-16H2,1-2H3;3-4H,1-2H3. The second kappa shape index (κ2) is 10.5. The monoisotopic (exact) mass is 480 g/mol. The van der Waals surface area contributed by atoms with Crippen LogP contribution in [0.25, 0.3) is 10.9 Å². The average molecular weight is 481 g/mol. The van der Waals surface area contributed by atoms with E-state index in [4.69, 9.17) is 14.8 Å². The van der Waals surface area contributed by atoms with Gasteiger partial charge in [0.15, 0.2) is 5.82 Å². The van der Waals surface area contributed by atoms with Crippen LogP contribution in [-0.2, 0) is 13.0 Å². The Bertz CT molecular complexity index is 1150. The Labute approximate surface area is 207 Å². The van der Waals surface area contributed by atoms with Crippen LogP contribution in [-0.4, -0.2) is 39.3 Å². The predicted molar refractivity (Wildman–Crippen MR) is 136 cm³/mol. The molecule has 2 unspecified atom stereocenters. The van der Waals surface area contributed by atoms with Gasteiger partial charge in [-0.2, -0.15) is 4.98 Å². The number of hydrogen-bond donors (Lipinski definition) is 2. The molecule has 2 fully saturated rings. The Morgan fingerprint density at radius 3 is 2.69 bits per heavy atom. The summed E-state index contributed by atoms with van der Waals surface area (Å²) in [4.78, 5) is 13.5. The van der Waals surface area contributed by atoms with E-state index in [2.05, 4.69) is 22.2 Å². The summed E-state index contributed by atoms with van der Waals surface area (Å²) in [5.74, 6) is 0.675. The fourth-order valence-corrected chi connectivity index (χ4v) is 5.24. The summed E-state index contributed by atoms with van der Waals surface area (Å²) in [6.07, 6.45) is 6.90. The number of aliphatic hydroxyl groups excluding tert-OH is 1. The number of ether oxygens (including phenoxy) is 1. The van der Waals surface area contributed by atoms with Crippen molar-refractivity contribution in [2.45, 2.75) is 72.5 Å². The van der Waals surface area contributed by atoms with E-state index in [-0.39, 0.29) is 11.9 Å². The summed E-state index contributed by atoms with van der Waals surface area (Å²) in [5.41, 5.74) is 2.40. The number of rotatable bonds is 6. The third-order valence-electron chi connectivity index (χ3n) is 7.32. The van der Waals surface area contributed by atoms with E-state index >= 15 is 0 Å². The van der Waals surface area contributed by atoms with E-state index in [0.29, 0.717) is 45.7 Å². The van der Waals surface area contributed by atoms with E-state index in [1.54, 1.807) is 27.0 Å². The van der Waals surface area contributed by atoms with Crippen LogP contribution in [0.2, 0.25) is 0 Å². The second-order valence-corrected chi connectivity index (χ2v) is 10.5. The van der Waals surface area contributed by atoms with Crippen molar-refractivity contribution in [3.8, 4) is 5.88 Å². The highest BCUT2D eigenvalue weighted by atomic mass is 19.1. The van der Waals surface area contributed by atoms with Gasteiger partial charge < -0.3 is 15.2 Å². The molecule has 6 nitrogen and oxygen atoms in total. The van der Waals surface area contributed by atoms with Gasteiger partial charge in [-0.25, -0.2) is 9.37 Å². The van der Waals surface area contributed by atoms with Crippen molar-refractivity contribution < 1.29 is 14.2 Å². The molecule has 1 aliphatic carbocycles. The van der Waals surface area contributed by atoms with Crippen molar-refractivity contribution in [3.63, 3.8) is 0 Å². The maximum atomic E-state index is 14.9. The zero-order valence-electron chi connectivity index (χ0n) is 21.3. The minimum absolute atomic E-state index is 0.167. The number of nitrogens with one attached hydrogen (secondary N) is 1. The van der Waals surface area contributed by atoms with E-state index in [1.165, 1.54) is 19.3 Å². The van der Waals surface area contributed by atoms with Crippen molar-refractivity contribution in [1.82, 2.24) is 20.3 Å². The SMILES string of the molecule is CC(C)O.Cc1ncc2c(OCc3ccccc3)nc(CCC34CCCNCC3(C)C4)nc2c1F. The molecule has 1 saturated heterocycles. The number of hydrogen-bond acceptors (Lipinski definition) is 6. The van der Waals surface area contributed by atoms with Crippen LogP contribution in [0.4, 0.5) is 4.39 Å². The third-order valence-corrected chi connectivity index (χ3v) is 7.32. The van der Waals surface area contributed by atoms with Crippen molar-refractivity contribution in [1.29, 1.82) is 0 Å². The number of pyridine rings is 1. The van der Waals surface area contributed by atoms with Gasteiger partial charge in [-0.05, 0) is 69.4 Å². The summed E-state index contributed by atoms with van der Waals surface area (Å²) >= 11 is 0. The quantitative estimate of drug-likeness (QED) is 0.508. The first-order chi connectivity index (χ1) is 16.7. The highest BCUT2D eigenvalue weighted by Gasteiger charge is 2.62. The van der Waals surface area contributed by atoms with E-state index in [0.717, 1.165) is 31.5 Å². The first-order valence-electron chi connectivity index (χ1n) is 12.6. The summed E-state index contributed by atoms with van der Waals surface area (Å²) in [7, 11) is 0. The second-order valence-electron chi connectivity index (χ2n) is 10.5. The lowest BCUT2D eigenvalue weighted by molar-refractivity contribution is 0.216. The predicted octanol–water partition coefficient (Wildman–Crippen LogP) is 5.15. The molecule has 0 radical (unpaired) electrons. The number of nitrogens with zero attached hydrogens (tertiary/aromatic N) is 3. The number of halogens is 1. The summed E-state index contributed by atoms with van der Waals surface area (Å²) in [6.45, 7) is 10.0. The summed E-state index contributed by atoms with van der Waals surface area (Å²) in [6, 6.07) is 9.92. The first-order valence-corrected chi connectivity index (χ1v) is 12.6. The van der Waals surface area contributed by atoms with Crippen LogP contribution in [0.1, 0.15) is 63.5 Å². The highest BCUT2D eigenvalue weighted by molar-refractivity contribution is 5.83. The largest absolute Gasteiger partial charge is 0.472 e. The molecule has 0 spiro atoms. The van der Waals surface area contributed by atoms with Gasteiger partial charge in [-0.15, -0.1) is 0 Å².